The average molecular weight is 310 g/mol. The Labute approximate surface area is 128 Å². The van der Waals surface area contributed by atoms with Gasteiger partial charge in [0.1, 0.15) is 6.54 Å². The van der Waals surface area contributed by atoms with Crippen LogP contribution in [0.4, 0.5) is 0 Å². The van der Waals surface area contributed by atoms with Crippen molar-refractivity contribution in [2.75, 3.05) is 19.8 Å². The molecular formula is C14H22N4O4. The van der Waals surface area contributed by atoms with Crippen LogP contribution in [-0.4, -0.2) is 51.7 Å². The molecule has 0 aromatic carbocycles. The lowest BCUT2D eigenvalue weighted by atomic mass is 9.67. The van der Waals surface area contributed by atoms with Gasteiger partial charge in [-0.05, 0) is 31.6 Å². The molecular weight excluding hydrogens is 288 g/mol. The fourth-order valence-corrected chi connectivity index (χ4v) is 2.59. The normalized spacial score (nSPS) is 16.0. The summed E-state index contributed by atoms with van der Waals surface area (Å²) < 4.78 is 6.63. The molecule has 0 unspecified atom stereocenters. The van der Waals surface area contributed by atoms with Gasteiger partial charge in [-0.3, -0.25) is 4.79 Å². The number of aromatic nitrogens is 3. The third-order valence-corrected chi connectivity index (χ3v) is 4.12. The standard InChI is InChI=1S/C14H22N4O4/c1-2-22-7-6-14(4-3-5-14)10-15-12(19)9-18-8-11(13(20)21)16-17-18/h8H,2-7,9-10H2,1H3,(H,15,19)(H,20,21). The van der Waals surface area contributed by atoms with Crippen molar-refractivity contribution < 1.29 is 19.4 Å². The quantitative estimate of drug-likeness (QED) is 0.650. The summed E-state index contributed by atoms with van der Waals surface area (Å²) >= 11 is 0. The second-order valence-corrected chi connectivity index (χ2v) is 5.68. The van der Waals surface area contributed by atoms with E-state index in [0.29, 0.717) is 13.2 Å². The molecule has 0 radical (unpaired) electrons. The van der Waals surface area contributed by atoms with Gasteiger partial charge in [0.05, 0.1) is 6.20 Å². The van der Waals surface area contributed by atoms with Gasteiger partial charge in [-0.1, -0.05) is 11.6 Å². The van der Waals surface area contributed by atoms with Gasteiger partial charge in [0.25, 0.3) is 0 Å². The average Bonchev–Trinajstić information content (AvgIpc) is 2.89. The van der Waals surface area contributed by atoms with E-state index in [0.717, 1.165) is 25.9 Å². The van der Waals surface area contributed by atoms with Gasteiger partial charge in [0.15, 0.2) is 5.69 Å². The third kappa shape index (κ3) is 4.27. The summed E-state index contributed by atoms with van der Waals surface area (Å²) in [5, 5.41) is 18.8. The lowest BCUT2D eigenvalue weighted by molar-refractivity contribution is -0.122. The molecule has 0 aliphatic heterocycles. The minimum Gasteiger partial charge on any atom is -0.476 e. The van der Waals surface area contributed by atoms with E-state index in [-0.39, 0.29) is 23.6 Å². The maximum Gasteiger partial charge on any atom is 0.358 e. The topological polar surface area (TPSA) is 106 Å². The Kier molecular flexibility index (Phi) is 5.48. The Morgan fingerprint density at radius 2 is 2.27 bits per heavy atom. The Morgan fingerprint density at radius 1 is 1.50 bits per heavy atom. The van der Waals surface area contributed by atoms with E-state index < -0.39 is 5.97 Å². The molecule has 2 N–H and O–H groups in total. The van der Waals surface area contributed by atoms with Gasteiger partial charge in [0.2, 0.25) is 5.91 Å². The van der Waals surface area contributed by atoms with Gasteiger partial charge < -0.3 is 15.2 Å². The van der Waals surface area contributed by atoms with Crippen LogP contribution in [0.5, 0.6) is 0 Å². The van der Waals surface area contributed by atoms with E-state index in [1.165, 1.54) is 17.3 Å². The van der Waals surface area contributed by atoms with E-state index in [1.54, 1.807) is 0 Å². The molecule has 8 heteroatoms. The molecule has 1 aliphatic rings. The lowest BCUT2D eigenvalue weighted by Crippen LogP contribution is -2.43. The minimum absolute atomic E-state index is 0.0260. The Morgan fingerprint density at radius 3 is 2.82 bits per heavy atom. The van der Waals surface area contributed by atoms with Crippen molar-refractivity contribution in [3.05, 3.63) is 11.9 Å². The fourth-order valence-electron chi connectivity index (χ4n) is 2.59. The molecule has 0 atom stereocenters. The van der Waals surface area contributed by atoms with E-state index >= 15 is 0 Å². The van der Waals surface area contributed by atoms with Crippen LogP contribution >= 0.6 is 0 Å². The van der Waals surface area contributed by atoms with Crippen LogP contribution in [-0.2, 0) is 16.1 Å². The SMILES string of the molecule is CCOCCC1(CNC(=O)Cn2cc(C(=O)O)nn2)CCC1. The number of carboxylic acid groups (broad SMARTS) is 1. The number of amides is 1. The number of rotatable bonds is 9. The molecule has 122 valence electrons. The van der Waals surface area contributed by atoms with Crippen LogP contribution in [0.15, 0.2) is 6.20 Å². The number of hydrogen-bond donors (Lipinski definition) is 2. The summed E-state index contributed by atoms with van der Waals surface area (Å²) in [6.07, 6.45) is 5.59. The summed E-state index contributed by atoms with van der Waals surface area (Å²) in [6.45, 7) is 4.00. The molecule has 1 heterocycles. The molecule has 22 heavy (non-hydrogen) atoms. The second kappa shape index (κ2) is 7.35. The van der Waals surface area contributed by atoms with Crippen molar-refractivity contribution >= 4 is 11.9 Å². The molecule has 1 aromatic rings. The van der Waals surface area contributed by atoms with Crippen LogP contribution in [0.1, 0.15) is 43.1 Å². The molecule has 2 rings (SSSR count). The first-order chi connectivity index (χ1) is 10.5. The number of carbonyl (C=O) groups is 2. The number of hydrogen-bond acceptors (Lipinski definition) is 5. The number of nitrogens with zero attached hydrogens (tertiary/aromatic N) is 3. The van der Waals surface area contributed by atoms with Crippen molar-refractivity contribution in [2.45, 2.75) is 39.2 Å². The zero-order valence-corrected chi connectivity index (χ0v) is 12.7. The van der Waals surface area contributed by atoms with Crippen LogP contribution in [0.2, 0.25) is 0 Å². The number of carbonyl (C=O) groups excluding carboxylic acids is 1. The van der Waals surface area contributed by atoms with Crippen LogP contribution in [0.3, 0.4) is 0 Å². The molecule has 1 fully saturated rings. The Hall–Kier alpha value is -1.96. The maximum atomic E-state index is 11.9. The van der Waals surface area contributed by atoms with Crippen LogP contribution in [0, 0.1) is 5.41 Å². The summed E-state index contributed by atoms with van der Waals surface area (Å²) in [5.41, 5.74) is -0.0145. The van der Waals surface area contributed by atoms with Crippen molar-refractivity contribution in [3.63, 3.8) is 0 Å². The second-order valence-electron chi connectivity index (χ2n) is 5.68. The molecule has 1 aliphatic carbocycles. The highest BCUT2D eigenvalue weighted by Crippen LogP contribution is 2.43. The summed E-state index contributed by atoms with van der Waals surface area (Å²) in [4.78, 5) is 22.6. The molecule has 8 nitrogen and oxygen atoms in total. The Balaban J connectivity index is 1.77. The zero-order chi connectivity index (χ0) is 16.0. The van der Waals surface area contributed by atoms with Crippen molar-refractivity contribution in [3.8, 4) is 0 Å². The fraction of sp³-hybridized carbons (Fsp3) is 0.714. The smallest absolute Gasteiger partial charge is 0.358 e. The monoisotopic (exact) mass is 310 g/mol. The molecule has 0 bridgehead atoms. The van der Waals surface area contributed by atoms with Gasteiger partial charge in [0, 0.05) is 19.8 Å². The van der Waals surface area contributed by atoms with E-state index in [1.807, 2.05) is 6.92 Å². The molecule has 0 saturated heterocycles. The predicted molar refractivity (Wildman–Crippen MR) is 77.4 cm³/mol. The summed E-state index contributed by atoms with van der Waals surface area (Å²) in [7, 11) is 0. The molecule has 1 aromatic heterocycles. The van der Waals surface area contributed by atoms with E-state index in [4.69, 9.17) is 9.84 Å². The largest absolute Gasteiger partial charge is 0.476 e. The first-order valence-corrected chi connectivity index (χ1v) is 7.52. The minimum atomic E-state index is -1.16. The van der Waals surface area contributed by atoms with E-state index in [2.05, 4.69) is 15.6 Å². The van der Waals surface area contributed by atoms with Gasteiger partial charge >= 0.3 is 5.97 Å². The Bertz CT molecular complexity index is 525. The highest BCUT2D eigenvalue weighted by molar-refractivity contribution is 5.84. The van der Waals surface area contributed by atoms with E-state index in [9.17, 15) is 9.59 Å². The first kappa shape index (κ1) is 16.4. The predicted octanol–water partition coefficient (Wildman–Crippen LogP) is 0.689. The zero-order valence-electron chi connectivity index (χ0n) is 12.7. The van der Waals surface area contributed by atoms with Gasteiger partial charge in [-0.25, -0.2) is 9.48 Å². The van der Waals surface area contributed by atoms with Crippen molar-refractivity contribution in [2.24, 2.45) is 5.41 Å². The molecule has 0 spiro atoms. The van der Waals surface area contributed by atoms with Crippen molar-refractivity contribution in [1.82, 2.24) is 20.3 Å². The molecule has 1 amide bonds. The highest BCUT2D eigenvalue weighted by atomic mass is 16.5. The third-order valence-electron chi connectivity index (χ3n) is 4.12. The first-order valence-electron chi connectivity index (χ1n) is 7.52. The van der Waals surface area contributed by atoms with Crippen LogP contribution < -0.4 is 5.32 Å². The summed E-state index contributed by atoms with van der Waals surface area (Å²) in [6, 6.07) is 0. The van der Waals surface area contributed by atoms with Crippen LogP contribution in [0.25, 0.3) is 0 Å². The van der Waals surface area contributed by atoms with Gasteiger partial charge in [-0.15, -0.1) is 5.10 Å². The molecule has 1 saturated carbocycles. The lowest BCUT2D eigenvalue weighted by Gasteiger charge is -2.42. The maximum absolute atomic E-state index is 11.9. The number of ether oxygens (including phenoxy) is 1. The summed E-state index contributed by atoms with van der Waals surface area (Å²) in [5.74, 6) is -1.35. The van der Waals surface area contributed by atoms with Gasteiger partial charge in [-0.2, -0.15) is 0 Å². The number of aromatic carboxylic acids is 1. The number of carboxylic acids is 1. The van der Waals surface area contributed by atoms with Crippen molar-refractivity contribution in [1.29, 1.82) is 0 Å². The number of nitrogens with one attached hydrogen (secondary N) is 1. The highest BCUT2D eigenvalue weighted by Gasteiger charge is 2.36.